The highest BCUT2D eigenvalue weighted by atomic mass is 16.5. The molecule has 0 bridgehead atoms. The van der Waals surface area contributed by atoms with E-state index in [9.17, 15) is 9.90 Å². The van der Waals surface area contributed by atoms with Crippen molar-refractivity contribution in [2.75, 3.05) is 7.11 Å². The van der Waals surface area contributed by atoms with E-state index in [-0.39, 0.29) is 0 Å². The molecule has 2 rings (SSSR count). The Morgan fingerprint density at radius 1 is 1.41 bits per heavy atom. The number of aliphatic carboxylic acids is 1. The molecule has 3 nitrogen and oxygen atoms in total. The average Bonchev–Trinajstić information content (AvgIpc) is 3.08. The molecule has 1 aliphatic carbocycles. The summed E-state index contributed by atoms with van der Waals surface area (Å²) in [7, 11) is 1.61. The molecule has 0 amide bonds. The number of methoxy groups -OCH3 is 1. The van der Waals surface area contributed by atoms with Gasteiger partial charge in [0, 0.05) is 5.56 Å². The third-order valence-corrected chi connectivity index (χ3v) is 3.55. The summed E-state index contributed by atoms with van der Waals surface area (Å²) < 4.78 is 5.45. The Hall–Kier alpha value is -1.51. The van der Waals surface area contributed by atoms with Crippen LogP contribution in [0, 0.1) is 0 Å². The highest BCUT2D eigenvalue weighted by Crippen LogP contribution is 2.52. The molecule has 92 valence electrons. The number of hydrogen-bond acceptors (Lipinski definition) is 2. The first-order valence-electron chi connectivity index (χ1n) is 5.93. The van der Waals surface area contributed by atoms with E-state index in [1.807, 2.05) is 18.2 Å². The van der Waals surface area contributed by atoms with E-state index in [0.29, 0.717) is 18.8 Å². The van der Waals surface area contributed by atoms with E-state index in [1.54, 1.807) is 7.11 Å². The number of rotatable bonds is 4. The van der Waals surface area contributed by atoms with Crippen molar-refractivity contribution in [1.82, 2.24) is 0 Å². The minimum atomic E-state index is -0.739. The monoisotopic (exact) mass is 234 g/mol. The summed E-state index contributed by atoms with van der Waals surface area (Å²) in [6.07, 6.45) is 1.42. The maximum Gasteiger partial charge on any atom is 0.314 e. The number of carbonyl (C=O) groups is 1. The Morgan fingerprint density at radius 3 is 2.47 bits per heavy atom. The molecule has 1 aromatic rings. The van der Waals surface area contributed by atoms with Gasteiger partial charge in [-0.1, -0.05) is 32.0 Å². The van der Waals surface area contributed by atoms with Crippen molar-refractivity contribution in [2.24, 2.45) is 0 Å². The van der Waals surface area contributed by atoms with Crippen LogP contribution in [0.25, 0.3) is 0 Å². The molecule has 0 atom stereocenters. The number of benzene rings is 1. The van der Waals surface area contributed by atoms with Crippen molar-refractivity contribution in [1.29, 1.82) is 0 Å². The fourth-order valence-electron chi connectivity index (χ4n) is 2.34. The molecule has 1 fully saturated rings. The van der Waals surface area contributed by atoms with E-state index in [1.165, 1.54) is 0 Å². The van der Waals surface area contributed by atoms with Gasteiger partial charge in [-0.15, -0.1) is 0 Å². The summed E-state index contributed by atoms with van der Waals surface area (Å²) in [5, 5.41) is 9.35. The molecule has 17 heavy (non-hydrogen) atoms. The summed E-state index contributed by atoms with van der Waals surface area (Å²) in [5.41, 5.74) is 1.22. The number of hydrogen-bond donors (Lipinski definition) is 1. The van der Waals surface area contributed by atoms with Crippen LogP contribution in [0.3, 0.4) is 0 Å². The molecule has 0 aliphatic heterocycles. The van der Waals surface area contributed by atoms with Gasteiger partial charge in [0.15, 0.2) is 0 Å². The molecular weight excluding hydrogens is 216 g/mol. The van der Waals surface area contributed by atoms with Crippen molar-refractivity contribution in [3.8, 4) is 5.75 Å². The second kappa shape index (κ2) is 4.06. The van der Waals surface area contributed by atoms with Crippen LogP contribution >= 0.6 is 0 Å². The van der Waals surface area contributed by atoms with Gasteiger partial charge in [0.2, 0.25) is 0 Å². The number of carboxylic acid groups (broad SMARTS) is 1. The lowest BCUT2D eigenvalue weighted by molar-refractivity contribution is -0.140. The summed E-state index contributed by atoms with van der Waals surface area (Å²) in [6, 6.07) is 5.81. The van der Waals surface area contributed by atoms with Gasteiger partial charge in [0.05, 0.1) is 12.5 Å². The smallest absolute Gasteiger partial charge is 0.314 e. The molecule has 1 aliphatic rings. The molecule has 0 aromatic heterocycles. The highest BCUT2D eigenvalue weighted by molar-refractivity contribution is 5.86. The van der Waals surface area contributed by atoms with E-state index in [4.69, 9.17) is 4.74 Å². The Balaban J connectivity index is 2.55. The topological polar surface area (TPSA) is 46.5 Å². The normalized spacial score (nSPS) is 16.9. The van der Waals surface area contributed by atoms with Crippen LogP contribution in [0.2, 0.25) is 0 Å². The number of para-hydroxylation sites is 1. The molecule has 3 heteroatoms. The second-order valence-electron chi connectivity index (χ2n) is 4.97. The van der Waals surface area contributed by atoms with Gasteiger partial charge in [-0.2, -0.15) is 0 Å². The van der Waals surface area contributed by atoms with E-state index >= 15 is 0 Å². The lowest BCUT2D eigenvalue weighted by Crippen LogP contribution is -2.20. The lowest BCUT2D eigenvalue weighted by Gasteiger charge is -2.19. The predicted molar refractivity (Wildman–Crippen MR) is 65.6 cm³/mol. The SMILES string of the molecule is COc1c(C(C)C)cccc1C1(C(=O)O)CC1. The van der Waals surface area contributed by atoms with Crippen LogP contribution in [0.5, 0.6) is 5.75 Å². The van der Waals surface area contributed by atoms with E-state index in [2.05, 4.69) is 13.8 Å². The molecular formula is C14H18O3. The largest absolute Gasteiger partial charge is 0.496 e. The van der Waals surface area contributed by atoms with Crippen molar-refractivity contribution < 1.29 is 14.6 Å². The van der Waals surface area contributed by atoms with Gasteiger partial charge < -0.3 is 9.84 Å². The van der Waals surface area contributed by atoms with Gasteiger partial charge >= 0.3 is 5.97 Å². The summed E-state index contributed by atoms with van der Waals surface area (Å²) in [6.45, 7) is 4.17. The van der Waals surface area contributed by atoms with Crippen LogP contribution in [-0.2, 0) is 10.2 Å². The minimum absolute atomic E-state index is 0.328. The second-order valence-corrected chi connectivity index (χ2v) is 4.97. The van der Waals surface area contributed by atoms with E-state index in [0.717, 1.165) is 16.9 Å². The summed E-state index contributed by atoms with van der Waals surface area (Å²) >= 11 is 0. The minimum Gasteiger partial charge on any atom is -0.496 e. The lowest BCUT2D eigenvalue weighted by atomic mass is 9.90. The Kier molecular flexibility index (Phi) is 2.86. The van der Waals surface area contributed by atoms with Crippen LogP contribution < -0.4 is 4.74 Å². The zero-order chi connectivity index (χ0) is 12.6. The first-order valence-corrected chi connectivity index (χ1v) is 5.93. The molecule has 1 aromatic carbocycles. The first kappa shape index (κ1) is 12.0. The van der Waals surface area contributed by atoms with Crippen molar-refractivity contribution in [3.05, 3.63) is 29.3 Å². The zero-order valence-corrected chi connectivity index (χ0v) is 10.5. The Morgan fingerprint density at radius 2 is 2.06 bits per heavy atom. The van der Waals surface area contributed by atoms with Crippen LogP contribution in [0.15, 0.2) is 18.2 Å². The maximum absolute atomic E-state index is 11.4. The number of ether oxygens (including phenoxy) is 1. The Labute approximate surface area is 101 Å². The molecule has 0 unspecified atom stereocenters. The first-order chi connectivity index (χ1) is 8.03. The summed E-state index contributed by atoms with van der Waals surface area (Å²) in [5.74, 6) is 0.341. The summed E-state index contributed by atoms with van der Waals surface area (Å²) in [4.78, 5) is 11.4. The van der Waals surface area contributed by atoms with Gasteiger partial charge in [-0.25, -0.2) is 0 Å². The standard InChI is InChI=1S/C14H18O3/c1-9(2)10-5-4-6-11(12(10)17-3)14(7-8-14)13(15)16/h4-6,9H,7-8H2,1-3H3,(H,15,16). The molecule has 1 N–H and O–H groups in total. The van der Waals surface area contributed by atoms with Crippen LogP contribution in [0.1, 0.15) is 43.7 Å². The third-order valence-electron chi connectivity index (χ3n) is 3.55. The maximum atomic E-state index is 11.4. The van der Waals surface area contributed by atoms with E-state index < -0.39 is 11.4 Å². The predicted octanol–water partition coefficient (Wildman–Crippen LogP) is 2.93. The van der Waals surface area contributed by atoms with Gasteiger partial charge in [0.25, 0.3) is 0 Å². The van der Waals surface area contributed by atoms with Crippen molar-refractivity contribution >= 4 is 5.97 Å². The fraction of sp³-hybridized carbons (Fsp3) is 0.500. The molecule has 0 heterocycles. The van der Waals surface area contributed by atoms with Gasteiger partial charge in [-0.05, 0) is 24.3 Å². The van der Waals surface area contributed by atoms with Crippen LogP contribution in [-0.4, -0.2) is 18.2 Å². The van der Waals surface area contributed by atoms with Crippen molar-refractivity contribution in [2.45, 2.75) is 38.0 Å². The van der Waals surface area contributed by atoms with Crippen LogP contribution in [0.4, 0.5) is 0 Å². The van der Waals surface area contributed by atoms with Gasteiger partial charge in [-0.3, -0.25) is 4.79 Å². The number of carboxylic acids is 1. The highest BCUT2D eigenvalue weighted by Gasteiger charge is 2.53. The third kappa shape index (κ3) is 1.79. The molecule has 0 saturated heterocycles. The average molecular weight is 234 g/mol. The fourth-order valence-corrected chi connectivity index (χ4v) is 2.34. The molecule has 0 radical (unpaired) electrons. The molecule has 0 spiro atoms. The van der Waals surface area contributed by atoms with Gasteiger partial charge in [0.1, 0.15) is 5.75 Å². The zero-order valence-electron chi connectivity index (χ0n) is 10.5. The quantitative estimate of drug-likeness (QED) is 0.871. The van der Waals surface area contributed by atoms with Crippen molar-refractivity contribution in [3.63, 3.8) is 0 Å². The Bertz CT molecular complexity index is 445. The molecule has 1 saturated carbocycles.